The predicted molar refractivity (Wildman–Crippen MR) is 77.9 cm³/mol. The van der Waals surface area contributed by atoms with Gasteiger partial charge in [-0.05, 0) is 35.9 Å². The predicted octanol–water partition coefficient (Wildman–Crippen LogP) is 3.41. The van der Waals surface area contributed by atoms with Gasteiger partial charge in [0.1, 0.15) is 0 Å². The number of hydrogen-bond acceptors (Lipinski definition) is 2. The van der Waals surface area contributed by atoms with E-state index in [0.717, 1.165) is 19.4 Å². The number of nitrogens with one attached hydrogen (secondary N) is 1. The van der Waals surface area contributed by atoms with E-state index < -0.39 is 0 Å². The number of benzene rings is 1. The zero-order valence-corrected chi connectivity index (χ0v) is 12.2. The van der Waals surface area contributed by atoms with E-state index in [9.17, 15) is 0 Å². The average Bonchev–Trinajstić information content (AvgIpc) is 2.33. The van der Waals surface area contributed by atoms with Gasteiger partial charge in [0.25, 0.3) is 0 Å². The maximum absolute atomic E-state index is 9.14. The lowest BCUT2D eigenvalue weighted by molar-refractivity contribution is 0.265. The Morgan fingerprint density at radius 1 is 1.17 bits per heavy atom. The molecule has 0 radical (unpaired) electrons. The third-order valence-corrected chi connectivity index (χ3v) is 3.24. The van der Waals surface area contributed by atoms with Crippen molar-refractivity contribution in [2.45, 2.75) is 52.0 Å². The van der Waals surface area contributed by atoms with E-state index in [1.54, 1.807) is 0 Å². The number of aliphatic hydroxyl groups is 1. The second kappa shape index (κ2) is 6.91. The minimum absolute atomic E-state index is 0.196. The molecule has 0 bridgehead atoms. The first-order valence-electron chi connectivity index (χ1n) is 6.93. The van der Waals surface area contributed by atoms with E-state index in [-0.39, 0.29) is 18.1 Å². The lowest BCUT2D eigenvalue weighted by atomic mass is 9.86. The van der Waals surface area contributed by atoms with Crippen molar-refractivity contribution in [1.82, 2.24) is 5.32 Å². The molecule has 1 atom stereocenters. The van der Waals surface area contributed by atoms with Crippen molar-refractivity contribution in [1.29, 1.82) is 0 Å². The number of rotatable bonds is 6. The van der Waals surface area contributed by atoms with Gasteiger partial charge < -0.3 is 10.4 Å². The lowest BCUT2D eigenvalue weighted by Gasteiger charge is -2.22. The Morgan fingerprint density at radius 2 is 1.78 bits per heavy atom. The van der Waals surface area contributed by atoms with E-state index in [0.29, 0.717) is 0 Å². The molecular formula is C16H27NO. The zero-order chi connectivity index (χ0) is 13.6. The van der Waals surface area contributed by atoms with Crippen LogP contribution in [0.4, 0.5) is 0 Å². The van der Waals surface area contributed by atoms with E-state index in [2.05, 4.69) is 57.3 Å². The van der Waals surface area contributed by atoms with Crippen molar-refractivity contribution >= 4 is 0 Å². The number of hydrogen-bond donors (Lipinski definition) is 2. The van der Waals surface area contributed by atoms with Crippen LogP contribution in [0.25, 0.3) is 0 Å². The fourth-order valence-electron chi connectivity index (χ4n) is 2.05. The Balaban J connectivity index is 2.79. The molecule has 1 unspecified atom stereocenters. The Hall–Kier alpha value is -0.860. The van der Waals surface area contributed by atoms with Gasteiger partial charge in [-0.2, -0.15) is 0 Å². The molecule has 0 amide bonds. The average molecular weight is 249 g/mol. The van der Waals surface area contributed by atoms with Gasteiger partial charge in [-0.1, -0.05) is 52.0 Å². The molecule has 1 aromatic rings. The minimum atomic E-state index is 0.196. The molecule has 0 fully saturated rings. The Bertz CT molecular complexity index is 337. The summed E-state index contributed by atoms with van der Waals surface area (Å²) in [5.41, 5.74) is 2.82. The van der Waals surface area contributed by atoms with Crippen molar-refractivity contribution < 1.29 is 5.11 Å². The molecule has 0 heterocycles. The van der Waals surface area contributed by atoms with Gasteiger partial charge in [0.2, 0.25) is 0 Å². The molecule has 1 rings (SSSR count). The van der Waals surface area contributed by atoms with E-state index in [1.807, 2.05) is 0 Å². The van der Waals surface area contributed by atoms with Crippen LogP contribution >= 0.6 is 0 Å². The largest absolute Gasteiger partial charge is 0.396 e. The smallest absolute Gasteiger partial charge is 0.0449 e. The van der Waals surface area contributed by atoms with Crippen LogP contribution in [0.15, 0.2) is 24.3 Å². The Morgan fingerprint density at radius 3 is 2.22 bits per heavy atom. The quantitative estimate of drug-likeness (QED) is 0.810. The summed E-state index contributed by atoms with van der Waals surface area (Å²) in [6.07, 6.45) is 1.89. The summed E-state index contributed by atoms with van der Waals surface area (Å²) in [5, 5.41) is 12.6. The van der Waals surface area contributed by atoms with Crippen LogP contribution in [0.2, 0.25) is 0 Å². The van der Waals surface area contributed by atoms with Gasteiger partial charge in [0.05, 0.1) is 0 Å². The van der Waals surface area contributed by atoms with Gasteiger partial charge in [-0.25, -0.2) is 0 Å². The third kappa shape index (κ3) is 4.43. The van der Waals surface area contributed by atoms with Gasteiger partial charge in [0.15, 0.2) is 0 Å². The van der Waals surface area contributed by atoms with Crippen molar-refractivity contribution in [3.05, 3.63) is 35.4 Å². The lowest BCUT2D eigenvalue weighted by Crippen LogP contribution is -2.23. The molecule has 0 saturated carbocycles. The van der Waals surface area contributed by atoms with Crippen LogP contribution in [0.3, 0.4) is 0 Å². The Kier molecular flexibility index (Phi) is 5.83. The molecule has 2 nitrogen and oxygen atoms in total. The third-order valence-electron chi connectivity index (χ3n) is 3.24. The van der Waals surface area contributed by atoms with Crippen LogP contribution in [0.5, 0.6) is 0 Å². The van der Waals surface area contributed by atoms with Gasteiger partial charge >= 0.3 is 0 Å². The summed E-state index contributed by atoms with van der Waals surface area (Å²) >= 11 is 0. The molecule has 0 saturated heterocycles. The summed E-state index contributed by atoms with van der Waals surface area (Å²) in [6, 6.07) is 9.04. The summed E-state index contributed by atoms with van der Waals surface area (Å²) in [5.74, 6) is 0. The first-order valence-corrected chi connectivity index (χ1v) is 6.93. The monoisotopic (exact) mass is 249 g/mol. The molecule has 0 aromatic heterocycles. The standard InChI is InChI=1S/C16H27NO/c1-5-11-17-15(10-12-18)13-6-8-14(9-7-13)16(2,3)4/h6-9,15,17-18H,5,10-12H2,1-4H3. The molecule has 0 spiro atoms. The molecule has 2 N–H and O–H groups in total. The minimum Gasteiger partial charge on any atom is -0.396 e. The summed E-state index contributed by atoms with van der Waals surface area (Å²) in [4.78, 5) is 0. The highest BCUT2D eigenvalue weighted by atomic mass is 16.3. The summed E-state index contributed by atoms with van der Waals surface area (Å²) in [6.45, 7) is 10.0. The zero-order valence-electron chi connectivity index (χ0n) is 12.2. The van der Waals surface area contributed by atoms with Crippen LogP contribution in [0.1, 0.15) is 57.7 Å². The highest BCUT2D eigenvalue weighted by Gasteiger charge is 2.15. The van der Waals surface area contributed by atoms with E-state index in [4.69, 9.17) is 5.11 Å². The molecule has 102 valence electrons. The Labute approximate surface area is 111 Å². The van der Waals surface area contributed by atoms with Gasteiger partial charge in [-0.15, -0.1) is 0 Å². The maximum atomic E-state index is 9.14. The van der Waals surface area contributed by atoms with Crippen molar-refractivity contribution in [3.63, 3.8) is 0 Å². The van der Waals surface area contributed by atoms with E-state index in [1.165, 1.54) is 11.1 Å². The molecule has 0 aliphatic carbocycles. The highest BCUT2D eigenvalue weighted by Crippen LogP contribution is 2.24. The second-order valence-electron chi connectivity index (χ2n) is 5.89. The maximum Gasteiger partial charge on any atom is 0.0449 e. The molecule has 1 aromatic carbocycles. The van der Waals surface area contributed by atoms with E-state index >= 15 is 0 Å². The van der Waals surface area contributed by atoms with Crippen LogP contribution in [0, 0.1) is 0 Å². The molecular weight excluding hydrogens is 222 g/mol. The first-order chi connectivity index (χ1) is 8.49. The van der Waals surface area contributed by atoms with Crippen molar-refractivity contribution in [3.8, 4) is 0 Å². The first kappa shape index (κ1) is 15.2. The van der Waals surface area contributed by atoms with Crippen LogP contribution in [-0.2, 0) is 5.41 Å². The highest BCUT2D eigenvalue weighted by molar-refractivity contribution is 5.29. The fraction of sp³-hybridized carbons (Fsp3) is 0.625. The SMILES string of the molecule is CCCNC(CCO)c1ccc(C(C)(C)C)cc1. The van der Waals surface area contributed by atoms with Gasteiger partial charge in [-0.3, -0.25) is 0 Å². The topological polar surface area (TPSA) is 32.3 Å². The van der Waals surface area contributed by atoms with Crippen LogP contribution < -0.4 is 5.32 Å². The van der Waals surface area contributed by atoms with Gasteiger partial charge in [0, 0.05) is 12.6 Å². The van der Waals surface area contributed by atoms with Crippen molar-refractivity contribution in [2.24, 2.45) is 0 Å². The molecule has 0 aliphatic heterocycles. The molecule has 18 heavy (non-hydrogen) atoms. The number of aliphatic hydroxyl groups excluding tert-OH is 1. The second-order valence-corrected chi connectivity index (χ2v) is 5.89. The van der Waals surface area contributed by atoms with Crippen molar-refractivity contribution in [2.75, 3.05) is 13.2 Å². The van der Waals surface area contributed by atoms with Crippen LogP contribution in [-0.4, -0.2) is 18.3 Å². The summed E-state index contributed by atoms with van der Waals surface area (Å²) in [7, 11) is 0. The normalized spacial score (nSPS) is 13.6. The molecule has 2 heteroatoms. The fourth-order valence-corrected chi connectivity index (χ4v) is 2.05. The summed E-state index contributed by atoms with van der Waals surface area (Å²) < 4.78 is 0. The molecule has 0 aliphatic rings.